The maximum Gasteiger partial charge on any atom is 2.00 e. The number of ether oxygens (including phenoxy) is 2. The van der Waals surface area contributed by atoms with Gasteiger partial charge >= 0.3 is 30.2 Å². The maximum atomic E-state index is 9.12. The monoisotopic (exact) mass is 309 g/mol. The normalized spacial score (nSPS) is 7.85. The molecule has 0 bridgehead atoms. The number of hydrogen-bond acceptors (Lipinski definition) is 5. The van der Waals surface area contributed by atoms with Crippen LogP contribution in [0.15, 0.2) is 12.1 Å². The molecule has 5 nitrogen and oxygen atoms in total. The Labute approximate surface area is 142 Å². The van der Waals surface area contributed by atoms with Gasteiger partial charge in [0.05, 0.1) is 31.3 Å². The molecule has 0 aromatic heterocycles. The Hall–Kier alpha value is -0.649. The van der Waals surface area contributed by atoms with Gasteiger partial charge in [-0.15, -0.1) is 0 Å². The van der Waals surface area contributed by atoms with Crippen molar-refractivity contribution < 1.29 is 31.9 Å². The minimum atomic E-state index is -1.71. The van der Waals surface area contributed by atoms with E-state index in [1.165, 1.54) is 26.4 Å². The summed E-state index contributed by atoms with van der Waals surface area (Å²) in [6.45, 7) is 4.00. The second-order valence-electron chi connectivity index (χ2n) is 3.36. The van der Waals surface area contributed by atoms with E-state index in [-0.39, 0.29) is 52.4 Å². The maximum absolute atomic E-state index is 9.12. The zero-order chi connectivity index (χ0) is 14.1. The molecule has 0 spiro atoms. The van der Waals surface area contributed by atoms with E-state index in [0.717, 1.165) is 0 Å². The molecular weight excluding hydrogens is 293 g/mol. The summed E-state index contributed by atoms with van der Waals surface area (Å²) in [6.07, 6.45) is 2.00. The van der Waals surface area contributed by atoms with E-state index in [1.807, 2.05) is 26.3 Å². The first-order chi connectivity index (χ1) is 8.55. The van der Waals surface area contributed by atoms with Crippen LogP contribution in [0.4, 0.5) is 0 Å². The Morgan fingerprint density at radius 1 is 1.15 bits per heavy atom. The largest absolute Gasteiger partial charge is 2.00 e. The molecule has 0 unspecified atom stereocenters. The van der Waals surface area contributed by atoms with Crippen molar-refractivity contribution in [1.29, 1.82) is 5.26 Å². The standard InChI is InChI=1S/C9H10BNO4.C3H7.ClH.Mg/c1-14-7-3-6(5-11)4-8(15-2)9(7)10(12)13;1-3-2;;/h3-4,12-13H,1-2H3;3H,1-2H3;1H;/q;-1;;+2/p-1. The molecule has 2 N–H and O–H groups in total. The zero-order valence-corrected chi connectivity index (χ0v) is 14.2. The van der Waals surface area contributed by atoms with Crippen LogP contribution < -0.4 is 27.3 Å². The molecule has 0 aliphatic heterocycles. The van der Waals surface area contributed by atoms with Crippen LogP contribution in [0.5, 0.6) is 11.5 Å². The molecule has 0 heterocycles. The summed E-state index contributed by atoms with van der Waals surface area (Å²) in [5.74, 6) is 0.418. The van der Waals surface area contributed by atoms with E-state index >= 15 is 0 Å². The van der Waals surface area contributed by atoms with Gasteiger partial charge in [0, 0.05) is 0 Å². The van der Waals surface area contributed by atoms with Crippen LogP contribution in [0.1, 0.15) is 19.4 Å². The van der Waals surface area contributed by atoms with Crippen molar-refractivity contribution in [2.45, 2.75) is 13.8 Å². The predicted octanol–water partition coefficient (Wildman–Crippen LogP) is -2.89. The van der Waals surface area contributed by atoms with Gasteiger partial charge in [-0.1, -0.05) is 0 Å². The number of methoxy groups -OCH3 is 2. The van der Waals surface area contributed by atoms with Crippen molar-refractivity contribution >= 4 is 35.6 Å². The van der Waals surface area contributed by atoms with Crippen molar-refractivity contribution in [3.63, 3.8) is 0 Å². The summed E-state index contributed by atoms with van der Waals surface area (Å²) in [5.41, 5.74) is 0.437. The van der Waals surface area contributed by atoms with E-state index in [4.69, 9.17) is 24.8 Å². The predicted molar refractivity (Wildman–Crippen MR) is 75.5 cm³/mol. The van der Waals surface area contributed by atoms with E-state index in [1.54, 1.807) is 0 Å². The van der Waals surface area contributed by atoms with E-state index in [0.29, 0.717) is 5.56 Å². The van der Waals surface area contributed by atoms with E-state index < -0.39 is 7.12 Å². The van der Waals surface area contributed by atoms with Gasteiger partial charge in [-0.2, -0.15) is 19.1 Å². The molecule has 0 aliphatic rings. The van der Waals surface area contributed by atoms with Crippen LogP contribution in [-0.4, -0.2) is 54.4 Å². The first kappa shape index (κ1) is 24.4. The Morgan fingerprint density at radius 3 is 1.70 bits per heavy atom. The molecule has 0 saturated carbocycles. The number of nitrogens with zero attached hydrogens (tertiary/aromatic N) is 1. The van der Waals surface area contributed by atoms with Crippen LogP contribution >= 0.6 is 0 Å². The summed E-state index contributed by atoms with van der Waals surface area (Å²) in [6, 6.07) is 4.75. The number of hydrogen-bond donors (Lipinski definition) is 2. The SMILES string of the molecule is COc1cc(C#N)cc(OC)c1B(O)O.C[CH-]C.[Cl-].[Mg+2]. The van der Waals surface area contributed by atoms with Crippen molar-refractivity contribution in [3.05, 3.63) is 24.1 Å². The number of benzene rings is 1. The molecule has 1 aromatic carbocycles. The fraction of sp³-hybridized carbons (Fsp3) is 0.333. The Kier molecular flexibility index (Phi) is 16.3. The van der Waals surface area contributed by atoms with Crippen molar-refractivity contribution in [3.8, 4) is 17.6 Å². The first-order valence-corrected chi connectivity index (χ1v) is 5.31. The summed E-state index contributed by atoms with van der Waals surface area (Å²) in [7, 11) is 1.05. The minimum absolute atomic E-state index is 0. The van der Waals surface area contributed by atoms with Gasteiger partial charge < -0.3 is 38.3 Å². The van der Waals surface area contributed by atoms with Gasteiger partial charge in [-0.05, 0) is 12.1 Å². The van der Waals surface area contributed by atoms with Crippen molar-refractivity contribution in [2.24, 2.45) is 0 Å². The van der Waals surface area contributed by atoms with Gasteiger partial charge in [-0.3, -0.25) is 0 Å². The van der Waals surface area contributed by atoms with E-state index in [2.05, 4.69) is 0 Å². The number of nitriles is 1. The topological polar surface area (TPSA) is 82.7 Å². The average molecular weight is 310 g/mol. The van der Waals surface area contributed by atoms with E-state index in [9.17, 15) is 0 Å². The molecule has 0 saturated heterocycles. The van der Waals surface area contributed by atoms with Gasteiger partial charge in [-0.25, -0.2) is 0 Å². The molecule has 0 fully saturated rings. The fourth-order valence-electron chi connectivity index (χ4n) is 1.26. The van der Waals surface area contributed by atoms with Gasteiger partial charge in [0.2, 0.25) is 0 Å². The molecule has 0 amide bonds. The average Bonchev–Trinajstić information content (AvgIpc) is 2.37. The first-order valence-electron chi connectivity index (χ1n) is 5.31. The Morgan fingerprint density at radius 2 is 1.50 bits per heavy atom. The molecular formula is C12H17BClMgNO4. The minimum Gasteiger partial charge on any atom is -1.00 e. The molecule has 20 heavy (non-hydrogen) atoms. The smallest absolute Gasteiger partial charge is 1.00 e. The quantitative estimate of drug-likeness (QED) is 0.463. The third kappa shape index (κ3) is 7.22. The van der Waals surface area contributed by atoms with Gasteiger partial charge in [0.25, 0.3) is 0 Å². The number of halogens is 1. The zero-order valence-electron chi connectivity index (χ0n) is 12.1. The van der Waals surface area contributed by atoms with Gasteiger partial charge in [0.1, 0.15) is 11.5 Å². The molecule has 1 aromatic rings. The van der Waals surface area contributed by atoms with Crippen LogP contribution in [-0.2, 0) is 0 Å². The molecule has 0 radical (unpaired) electrons. The summed E-state index contributed by atoms with van der Waals surface area (Å²) >= 11 is 0. The van der Waals surface area contributed by atoms with Crippen LogP contribution in [0, 0.1) is 17.8 Å². The summed E-state index contributed by atoms with van der Waals surface area (Å²) in [5, 5.41) is 27.0. The molecule has 0 aliphatic carbocycles. The third-order valence-corrected chi connectivity index (χ3v) is 1.93. The molecule has 8 heteroatoms. The fourth-order valence-corrected chi connectivity index (χ4v) is 1.26. The van der Waals surface area contributed by atoms with Crippen molar-refractivity contribution in [1.82, 2.24) is 0 Å². The van der Waals surface area contributed by atoms with Crippen LogP contribution in [0.3, 0.4) is 0 Å². The van der Waals surface area contributed by atoms with Crippen molar-refractivity contribution in [2.75, 3.05) is 14.2 Å². The second kappa shape index (κ2) is 13.3. The Balaban J connectivity index is -0.000000530. The molecule has 1 rings (SSSR count). The van der Waals surface area contributed by atoms with Gasteiger partial charge in [0.15, 0.2) is 0 Å². The second-order valence-corrected chi connectivity index (χ2v) is 3.36. The third-order valence-electron chi connectivity index (χ3n) is 1.93. The number of rotatable bonds is 3. The summed E-state index contributed by atoms with van der Waals surface area (Å²) in [4.78, 5) is 0. The molecule has 0 atom stereocenters. The summed E-state index contributed by atoms with van der Waals surface area (Å²) < 4.78 is 9.88. The van der Waals surface area contributed by atoms with Crippen LogP contribution in [0.25, 0.3) is 0 Å². The van der Waals surface area contributed by atoms with Crippen LogP contribution in [0.2, 0.25) is 0 Å². The Bertz CT molecular complexity index is 401. The molecule has 106 valence electrons.